The van der Waals surface area contributed by atoms with Crippen LogP contribution in [0.25, 0.3) is 6.08 Å². The number of epoxide rings is 1. The highest BCUT2D eigenvalue weighted by Gasteiger charge is 2.39. The van der Waals surface area contributed by atoms with Gasteiger partial charge in [0.2, 0.25) is 0 Å². The highest BCUT2D eigenvalue weighted by molar-refractivity contribution is 7.79. The molecule has 1 fully saturated rings. The lowest BCUT2D eigenvalue weighted by atomic mass is 10.0. The lowest BCUT2D eigenvalue weighted by Gasteiger charge is -2.23. The van der Waals surface area contributed by atoms with Crippen molar-refractivity contribution < 1.29 is 65.9 Å². The van der Waals surface area contributed by atoms with Gasteiger partial charge in [-0.1, -0.05) is 390 Å². The molecule has 0 saturated carbocycles. The number of hydrogen-bond donors (Lipinski definition) is 2. The van der Waals surface area contributed by atoms with Crippen LogP contribution in [0.3, 0.4) is 0 Å². The molecule has 7 aromatic rings. The Hall–Kier alpha value is -6.80. The maximum Gasteiger partial charge on any atom is 0.305 e. The zero-order chi connectivity index (χ0) is 84.7. The third kappa shape index (κ3) is 53.4. The molecule has 14 atom stereocenters. The second kappa shape index (κ2) is 80.0. The molecule has 0 spiro atoms. The Labute approximate surface area is 700 Å². The fourth-order valence-electron chi connectivity index (χ4n) is 9.47. The topological polar surface area (TPSA) is 178 Å². The van der Waals surface area contributed by atoms with Gasteiger partial charge in [-0.05, 0) is 84.3 Å². The van der Waals surface area contributed by atoms with Crippen molar-refractivity contribution in [2.45, 2.75) is 156 Å². The van der Waals surface area contributed by atoms with Crippen LogP contribution in [0.2, 0.25) is 0 Å². The fourth-order valence-corrected chi connectivity index (χ4v) is 13.4. The van der Waals surface area contributed by atoms with Crippen LogP contribution in [-0.4, -0.2) is 86.4 Å². The van der Waals surface area contributed by atoms with Gasteiger partial charge in [-0.25, -0.2) is 0 Å². The molecule has 0 aromatic heterocycles. The minimum Gasteiger partial charge on any atom is -0.469 e. The molecule has 14 unspecified atom stereocenters. The molecule has 21 heteroatoms. The Balaban J connectivity index is 0. The van der Waals surface area contributed by atoms with Crippen LogP contribution in [0, 0.1) is 0 Å². The van der Waals surface area contributed by atoms with Gasteiger partial charge in [-0.3, -0.25) is 14.4 Å². The monoisotopic (exact) mass is 1690 g/mol. The van der Waals surface area contributed by atoms with Gasteiger partial charge in [0.15, 0.2) is 0 Å². The molecular weight excluding hydrogens is 1560 g/mol. The Kier molecular flexibility index (Phi) is 76.7. The van der Waals surface area contributed by atoms with Gasteiger partial charge in [0, 0.05) is 69.6 Å². The SMILES string of the molecule is CC.CC.CC.CC.CCC(OP)C(OP)c1ccccc1.COC(=O)CC/C=C\CC(/C=C/C=C\C=C\C=C\C(OP)C(OP)c1ccccc1)OP.COC(=O)CC/C=C\CC(/C=C/C=C\C=C\C=O)OP.OC/C=C/c1ccccc1.OCC1OC1c1ccccc1.c1ccc(P(c2ccccc2)c2ccccc2)cc1. The second-order valence-electron chi connectivity index (χ2n) is 22.5. The second-order valence-corrected chi connectivity index (χ2v) is 26.3. The van der Waals surface area contributed by atoms with Crippen molar-refractivity contribution in [2.75, 3.05) is 27.4 Å². The van der Waals surface area contributed by atoms with Crippen LogP contribution < -0.4 is 15.9 Å². The number of benzene rings is 7. The lowest BCUT2D eigenvalue weighted by molar-refractivity contribution is -0.141. The molecule has 1 aliphatic heterocycles. The van der Waals surface area contributed by atoms with Crippen molar-refractivity contribution in [3.05, 3.63) is 350 Å². The molecular formula is C93H129O14P7. The van der Waals surface area contributed by atoms with Crippen LogP contribution in [0.1, 0.15) is 148 Å². The van der Waals surface area contributed by atoms with Gasteiger partial charge in [0.25, 0.3) is 0 Å². The number of allylic oxidation sites excluding steroid dienone is 13. The molecule has 1 heterocycles. The standard InChI is InChI=1S/C24H33O5P3.C18H15P.C15H21O4P.C10H16O2P2.C9H10O2.C9H10O.4C2H6/c1-26-23(25)19-13-7-11-17-21(27-30)16-10-4-2-3-5-12-18-22(28-31)24(29-32)20-14-8-6-9-15-20;1-4-10-16(11-5-1)19(17-12-6-2-7-13-17)18-14-8-3-9-15-18;1-18-15(17)12-8-5-7-11-14(19-20)10-6-3-2-4-9-13-16;1-2-9(11-13)10(12-14)8-6-4-3-5-7-8;10-6-8-9(11-8)7-4-2-1-3-5-7;10-8-4-7-9-5-2-1-3-6-9;4*1-2/h2-12,14-16,18,21-22,24H,13,17,19,30-32H2,1H3;1-15H;2-7,9-10,13-14H,8,11-12,20H2,1H3;3-7,9-10H,2,13-14H2,1H3;1-5,8-10H,6H2;1-7,10H,8H2;4*1-2H3/b4-2-,5-3+,11-7-,16-10+,18-12+;;3-2-,7-5-,9-4+,10-6+;;;7-4+;;;;. The number of rotatable bonds is 37. The van der Waals surface area contributed by atoms with Gasteiger partial charge in [-0.2, -0.15) is 0 Å². The molecule has 114 heavy (non-hydrogen) atoms. The van der Waals surface area contributed by atoms with E-state index in [1.165, 1.54) is 36.2 Å². The lowest BCUT2D eigenvalue weighted by Crippen LogP contribution is -2.20. The zero-order valence-corrected chi connectivity index (χ0v) is 76.3. The largest absolute Gasteiger partial charge is 0.469 e. The quantitative estimate of drug-likeness (QED) is 0.00715. The molecule has 8 rings (SSSR count). The Morgan fingerprint density at radius 3 is 1.12 bits per heavy atom. The molecule has 0 aliphatic carbocycles. The predicted molar refractivity (Wildman–Crippen MR) is 503 cm³/mol. The number of carbonyl (C=O) groups excluding carboxylic acids is 3. The van der Waals surface area contributed by atoms with Crippen molar-refractivity contribution >= 4 is 105 Å². The summed E-state index contributed by atoms with van der Waals surface area (Å²) in [5.74, 6) is -0.409. The smallest absolute Gasteiger partial charge is 0.305 e. The first-order valence-corrected chi connectivity index (χ1v) is 42.6. The van der Waals surface area contributed by atoms with E-state index in [0.29, 0.717) is 25.7 Å². The third-order valence-corrected chi connectivity index (χ3v) is 19.4. The van der Waals surface area contributed by atoms with E-state index in [9.17, 15) is 14.4 Å². The van der Waals surface area contributed by atoms with Crippen molar-refractivity contribution in [1.29, 1.82) is 0 Å². The molecule has 0 amide bonds. The minimum absolute atomic E-state index is 0.0244. The fraction of sp³-hybridized carbons (Fsp3) is 0.301. The Bertz CT molecular complexity index is 3570. The highest BCUT2D eigenvalue weighted by atomic mass is 31.1. The number of aldehydes is 1. The summed E-state index contributed by atoms with van der Waals surface area (Å²) in [4.78, 5) is 32.0. The number of ether oxygens (including phenoxy) is 3. The number of esters is 2. The summed E-state index contributed by atoms with van der Waals surface area (Å²) < 4.78 is 46.6. The van der Waals surface area contributed by atoms with Gasteiger partial charge < -0.3 is 51.6 Å². The Morgan fingerprint density at radius 2 is 0.789 bits per heavy atom. The summed E-state index contributed by atoms with van der Waals surface area (Å²) in [6, 6.07) is 72.2. The van der Waals surface area contributed by atoms with E-state index < -0.39 is 7.92 Å². The first kappa shape index (κ1) is 109. The molecule has 1 saturated heterocycles. The van der Waals surface area contributed by atoms with E-state index in [1.54, 1.807) is 18.2 Å². The zero-order valence-electron chi connectivity index (χ0n) is 68.5. The van der Waals surface area contributed by atoms with Crippen LogP contribution in [0.15, 0.2) is 328 Å². The van der Waals surface area contributed by atoms with Gasteiger partial charge >= 0.3 is 11.9 Å². The first-order chi connectivity index (χ1) is 56.0. The molecule has 0 bridgehead atoms. The Morgan fingerprint density at radius 1 is 0.430 bits per heavy atom. The summed E-state index contributed by atoms with van der Waals surface area (Å²) in [6.07, 6.45) is 42.2. The third-order valence-electron chi connectivity index (χ3n) is 15.0. The molecule has 7 aromatic carbocycles. The summed E-state index contributed by atoms with van der Waals surface area (Å²) in [5, 5.41) is 21.3. The van der Waals surface area contributed by atoms with Crippen molar-refractivity contribution in [2.24, 2.45) is 0 Å². The summed E-state index contributed by atoms with van der Waals surface area (Å²) in [7, 11) is 16.1. The van der Waals surface area contributed by atoms with E-state index in [1.807, 2.05) is 274 Å². The number of methoxy groups -OCH3 is 2. The average molecular weight is 1690 g/mol. The molecule has 2 N–H and O–H groups in total. The van der Waals surface area contributed by atoms with Gasteiger partial charge in [-0.15, -0.1) is 0 Å². The van der Waals surface area contributed by atoms with Gasteiger partial charge in [0.1, 0.15) is 36.8 Å². The number of aliphatic hydroxyl groups is 2. The van der Waals surface area contributed by atoms with Crippen LogP contribution in [0.4, 0.5) is 0 Å². The van der Waals surface area contributed by atoms with E-state index in [0.717, 1.165) is 47.8 Å². The van der Waals surface area contributed by atoms with E-state index in [-0.39, 0.29) is 74.0 Å². The average Bonchev–Trinajstić information content (AvgIpc) is 1.65. The van der Waals surface area contributed by atoms with E-state index >= 15 is 0 Å². The maximum atomic E-state index is 11.1. The summed E-state index contributed by atoms with van der Waals surface area (Å²) in [6.45, 7) is 18.3. The molecule has 620 valence electrons. The number of hydrogen-bond acceptors (Lipinski definition) is 14. The van der Waals surface area contributed by atoms with Crippen LogP contribution in [0.5, 0.6) is 0 Å². The van der Waals surface area contributed by atoms with Crippen molar-refractivity contribution in [3.63, 3.8) is 0 Å². The predicted octanol–water partition coefficient (Wildman–Crippen LogP) is 22.4. The van der Waals surface area contributed by atoms with E-state index in [4.69, 9.17) is 42.1 Å². The van der Waals surface area contributed by atoms with Crippen molar-refractivity contribution in [3.8, 4) is 0 Å². The summed E-state index contributed by atoms with van der Waals surface area (Å²) in [5.41, 5.74) is 4.46. The first-order valence-electron chi connectivity index (χ1n) is 38.4. The minimum atomic E-state index is -0.446. The molecule has 0 radical (unpaired) electrons. The highest BCUT2D eigenvalue weighted by Crippen LogP contribution is 2.38. The van der Waals surface area contributed by atoms with Crippen LogP contribution in [-0.2, 0) is 55.7 Å². The van der Waals surface area contributed by atoms with E-state index in [2.05, 4.69) is 164 Å². The maximum absolute atomic E-state index is 11.1. The molecule has 14 nitrogen and oxygen atoms in total. The normalized spacial score (nSPS) is 14.2. The number of carbonyl (C=O) groups is 3. The van der Waals surface area contributed by atoms with Crippen LogP contribution >= 0.6 is 64.7 Å². The van der Waals surface area contributed by atoms with Gasteiger partial charge in [0.05, 0.1) is 45.7 Å². The van der Waals surface area contributed by atoms with Crippen molar-refractivity contribution in [1.82, 2.24) is 0 Å². The number of aliphatic hydroxyl groups excluding tert-OH is 2. The molecule has 1 aliphatic rings. The summed E-state index contributed by atoms with van der Waals surface area (Å²) >= 11 is 0.